The minimum atomic E-state index is -2.87. The molecule has 0 aromatic heterocycles. The molecular weight excluding hydrogens is 198 g/mol. The van der Waals surface area contributed by atoms with E-state index in [2.05, 4.69) is 25.0 Å². The summed E-state index contributed by atoms with van der Waals surface area (Å²) in [7, 11) is -3.04. The van der Waals surface area contributed by atoms with Gasteiger partial charge in [-0.3, -0.25) is 10.0 Å². The Kier molecular flexibility index (Phi) is 23.5. The Morgan fingerprint density at radius 1 is 1.18 bits per heavy atom. The molecule has 0 amide bonds. The van der Waals surface area contributed by atoms with Crippen molar-refractivity contribution in [3.05, 3.63) is 0 Å². The van der Waals surface area contributed by atoms with Crippen molar-refractivity contribution >= 4 is 18.3 Å². The second-order valence-electron chi connectivity index (χ2n) is 2.70. The number of rotatable bonds is 0. The smallest absolute Gasteiger partial charge is 1.00 e. The van der Waals surface area contributed by atoms with Gasteiger partial charge in [0.1, 0.15) is 0 Å². The van der Waals surface area contributed by atoms with Crippen molar-refractivity contribution in [1.82, 2.24) is 0 Å². The van der Waals surface area contributed by atoms with E-state index < -0.39 is 8.25 Å². The molecule has 0 aromatic carbocycles. The van der Waals surface area contributed by atoms with E-state index in [1.807, 2.05) is 0 Å². The van der Waals surface area contributed by atoms with Crippen molar-refractivity contribution in [3.63, 3.8) is 0 Å². The minimum absolute atomic E-state index is 0. The summed E-state index contributed by atoms with van der Waals surface area (Å²) in [5.74, 6) is 0. The van der Waals surface area contributed by atoms with Crippen molar-refractivity contribution in [2.24, 2.45) is 0 Å². The predicted molar refractivity (Wildman–Crippen MR) is 48.1 cm³/mol. The molecule has 0 saturated carbocycles. The van der Waals surface area contributed by atoms with Crippen LogP contribution in [0.25, 0.3) is 0 Å². The van der Waals surface area contributed by atoms with Crippen LogP contribution in [0, 0.1) is 0 Å². The van der Waals surface area contributed by atoms with Crippen LogP contribution in [0.3, 0.4) is 0 Å². The van der Waals surface area contributed by atoms with Gasteiger partial charge in [-0.15, -0.1) is 9.79 Å². The minimum Gasteiger partial charge on any atom is -1.00 e. The van der Waals surface area contributed by atoms with Gasteiger partial charge in [-0.1, -0.05) is 0 Å². The number of hydrogen-bond donors (Lipinski definition) is 2. The van der Waals surface area contributed by atoms with Crippen molar-refractivity contribution < 1.29 is 50.8 Å². The summed E-state index contributed by atoms with van der Waals surface area (Å²) >= 11 is 0. The molecule has 4 N–H and O–H groups in total. The molecule has 0 atom stereocenters. The van der Waals surface area contributed by atoms with Gasteiger partial charge in [-0.25, -0.2) is 0 Å². The molecule has 0 bridgehead atoms. The monoisotopic (exact) mass is 215 g/mol. The average molecular weight is 215 g/mol. The molecule has 68 valence electrons. The van der Waals surface area contributed by atoms with Crippen LogP contribution in [0.15, 0.2) is 0 Å². The van der Waals surface area contributed by atoms with Crippen LogP contribution < -0.4 is 29.6 Å². The van der Waals surface area contributed by atoms with Crippen LogP contribution in [0.4, 0.5) is 0 Å². The summed E-state index contributed by atoms with van der Waals surface area (Å²) < 4.78 is 8.70. The zero-order chi connectivity index (χ0) is 8.08. The molecule has 11 heavy (non-hydrogen) atoms. The van der Waals surface area contributed by atoms with E-state index in [9.17, 15) is 0 Å². The van der Waals surface area contributed by atoms with E-state index in [-0.39, 0.29) is 46.5 Å². The molecule has 0 heterocycles. The summed E-state index contributed by atoms with van der Waals surface area (Å²) in [6, 6.07) is 0. The van der Waals surface area contributed by atoms with E-state index in [4.69, 9.17) is 14.4 Å². The van der Waals surface area contributed by atoms with Crippen molar-refractivity contribution in [3.8, 4) is 0 Å². The zero-order valence-electron chi connectivity index (χ0n) is 8.66. The van der Waals surface area contributed by atoms with Gasteiger partial charge in [0, 0.05) is 4.57 Å². The molecular formula is C4H17NaO4PS+. The topological polar surface area (TPSA) is 89.0 Å². The first kappa shape index (κ1) is 22.8. The van der Waals surface area contributed by atoms with Gasteiger partial charge in [-0.2, -0.15) is 0 Å². The van der Waals surface area contributed by atoms with Gasteiger partial charge >= 0.3 is 37.8 Å². The van der Waals surface area contributed by atoms with E-state index >= 15 is 0 Å². The Hall–Kier alpha value is 1.33. The summed E-state index contributed by atoms with van der Waals surface area (Å²) in [6.07, 6.45) is 9.08. The third-order valence-corrected chi connectivity index (χ3v) is 0. The van der Waals surface area contributed by atoms with Gasteiger partial charge in [0.15, 0.2) is 0 Å². The van der Waals surface area contributed by atoms with Gasteiger partial charge in [-0.05, 0) is 25.0 Å². The molecule has 0 aromatic rings. The Balaban J connectivity index is -0.0000000221. The summed E-state index contributed by atoms with van der Waals surface area (Å²) in [4.78, 5) is 14.2. The molecule has 0 unspecified atom stereocenters. The molecule has 0 fully saturated rings. The fourth-order valence-corrected chi connectivity index (χ4v) is 0. The maximum absolute atomic E-state index is 8.70. The second-order valence-corrected chi connectivity index (χ2v) is 8.11. The Labute approximate surface area is 93.7 Å². The summed E-state index contributed by atoms with van der Waals surface area (Å²) in [5.41, 5.74) is 0. The molecule has 4 nitrogen and oxygen atoms in total. The van der Waals surface area contributed by atoms with E-state index in [0.29, 0.717) is 0 Å². The molecule has 0 aliphatic carbocycles. The molecule has 0 radical (unpaired) electrons. The summed E-state index contributed by atoms with van der Waals surface area (Å²) in [6.45, 7) is 0. The van der Waals surface area contributed by atoms with Crippen LogP contribution in [-0.2, 0) is 4.57 Å². The quantitative estimate of drug-likeness (QED) is 0.338. The maximum atomic E-state index is 8.70. The van der Waals surface area contributed by atoms with Crippen LogP contribution >= 0.6 is 18.3 Å². The Bertz CT molecular complexity index is 89.5. The molecule has 0 saturated heterocycles. The molecule has 0 spiro atoms. The first-order valence-electron chi connectivity index (χ1n) is 2.22. The van der Waals surface area contributed by atoms with Crippen LogP contribution in [0.1, 0.15) is 1.43 Å². The van der Waals surface area contributed by atoms with Crippen LogP contribution in [-0.4, -0.2) is 40.3 Å². The van der Waals surface area contributed by atoms with Crippen LogP contribution in [0.5, 0.6) is 0 Å². The average Bonchev–Trinajstić information content (AvgIpc) is 1.19. The third-order valence-electron chi connectivity index (χ3n) is 0. The zero-order valence-corrected chi connectivity index (χ0v) is 11.4. The van der Waals surface area contributed by atoms with Gasteiger partial charge in [0.05, 0.1) is 0 Å². The van der Waals surface area contributed by atoms with E-state index in [1.54, 1.807) is 0 Å². The predicted octanol–water partition coefficient (Wildman–Crippen LogP) is -2.77. The van der Waals surface area contributed by atoms with E-state index in [1.165, 1.54) is 0 Å². The van der Waals surface area contributed by atoms with Crippen molar-refractivity contribution in [2.75, 3.05) is 25.0 Å². The van der Waals surface area contributed by atoms with Gasteiger partial charge in [0.25, 0.3) is 0 Å². The largest absolute Gasteiger partial charge is 1.00 e. The molecule has 7 heteroatoms. The Morgan fingerprint density at radius 2 is 1.18 bits per heavy atom. The standard InChI is InChI=1S/C4H12S.Na.HO3P.H2O.H/c1-5(2,3)4;;1-4(2)3;;/h1-4H3;;(H-,1,2,3);1H2;/q;+1;;;-1/p+1. The third kappa shape index (κ3) is 558. The van der Waals surface area contributed by atoms with Crippen LogP contribution in [0.2, 0.25) is 0 Å². The fraction of sp³-hybridized carbons (Fsp3) is 1.00. The molecule has 0 rings (SSSR count). The SMILES string of the molecule is CS(C)(C)C.O.O=[P+](O)O.[H-].[Na+]. The first-order chi connectivity index (χ1) is 3.73. The van der Waals surface area contributed by atoms with Gasteiger partial charge < -0.3 is 6.90 Å². The molecule has 0 aliphatic heterocycles. The Morgan fingerprint density at radius 3 is 1.18 bits per heavy atom. The van der Waals surface area contributed by atoms with Gasteiger partial charge in [0.2, 0.25) is 0 Å². The number of hydrogen-bond acceptors (Lipinski definition) is 1. The maximum Gasteiger partial charge on any atom is 1.00 e. The first-order valence-corrected chi connectivity index (χ1v) is 6.65. The normalized spacial score (nSPS) is 9.27. The summed E-state index contributed by atoms with van der Waals surface area (Å²) in [5, 5.41) is 0. The van der Waals surface area contributed by atoms with E-state index in [0.717, 1.165) is 0 Å². The fourth-order valence-electron chi connectivity index (χ4n) is 0. The van der Waals surface area contributed by atoms with Crippen molar-refractivity contribution in [1.29, 1.82) is 0 Å². The molecule has 0 aliphatic rings. The second kappa shape index (κ2) is 11.3. The van der Waals surface area contributed by atoms with Crippen molar-refractivity contribution in [2.45, 2.75) is 0 Å².